The van der Waals surface area contributed by atoms with Crippen LogP contribution < -0.4 is 5.32 Å². The van der Waals surface area contributed by atoms with Gasteiger partial charge in [0.25, 0.3) is 10.0 Å². The number of rotatable bonds is 7. The molecule has 1 N–H and O–H groups in total. The van der Waals surface area contributed by atoms with Crippen LogP contribution in [-0.4, -0.2) is 70.7 Å². The molecule has 0 bridgehead atoms. The minimum Gasteiger partial charge on any atom is -0.331 e. The zero-order valence-electron chi connectivity index (χ0n) is 27.4. The van der Waals surface area contributed by atoms with E-state index in [0.29, 0.717) is 29.0 Å². The van der Waals surface area contributed by atoms with Crippen LogP contribution >= 0.6 is 0 Å². The summed E-state index contributed by atoms with van der Waals surface area (Å²) in [4.78, 5) is 20.8. The lowest BCUT2D eigenvalue weighted by molar-refractivity contribution is 0.230. The molecule has 48 heavy (non-hydrogen) atoms. The molecule has 0 fully saturated rings. The van der Waals surface area contributed by atoms with Crippen molar-refractivity contribution in [2.75, 3.05) is 33.0 Å². The molecule has 4 heterocycles. The Balaban J connectivity index is 1.42. The zero-order chi connectivity index (χ0) is 33.6. The van der Waals surface area contributed by atoms with Gasteiger partial charge in [0.15, 0.2) is 5.65 Å². The van der Waals surface area contributed by atoms with Gasteiger partial charge in [-0.3, -0.25) is 4.68 Å². The van der Waals surface area contributed by atoms with E-state index in [0.717, 1.165) is 47.5 Å². The Morgan fingerprint density at radius 2 is 1.67 bits per heavy atom. The lowest BCUT2D eigenvalue weighted by Crippen LogP contribution is -2.27. The van der Waals surface area contributed by atoms with Crippen LogP contribution in [0.3, 0.4) is 0 Å². The lowest BCUT2D eigenvalue weighted by atomic mass is 9.96. The summed E-state index contributed by atoms with van der Waals surface area (Å²) in [6, 6.07) is 26.0. The summed E-state index contributed by atoms with van der Waals surface area (Å²) in [5, 5.41) is 8.48. The number of pyridine rings is 1. The van der Waals surface area contributed by atoms with E-state index in [9.17, 15) is 13.2 Å². The quantitative estimate of drug-likeness (QED) is 0.208. The van der Waals surface area contributed by atoms with Gasteiger partial charge in [-0.2, -0.15) is 5.10 Å². The molecule has 6 aromatic rings. The topological polar surface area (TPSA) is 105 Å². The molecule has 0 atom stereocenters. The number of aromatic nitrogens is 4. The first-order valence-corrected chi connectivity index (χ1v) is 17.4. The second-order valence-electron chi connectivity index (χ2n) is 12.3. The number of nitrogens with one attached hydrogen (secondary N) is 1. The van der Waals surface area contributed by atoms with Crippen molar-refractivity contribution in [3.05, 3.63) is 108 Å². The van der Waals surface area contributed by atoms with Crippen LogP contribution in [0.4, 0.5) is 10.5 Å². The second kappa shape index (κ2) is 12.4. The highest BCUT2D eigenvalue weighted by atomic mass is 32.2. The number of benzene rings is 3. The van der Waals surface area contributed by atoms with E-state index in [1.807, 2.05) is 60.3 Å². The molecule has 244 valence electrons. The van der Waals surface area contributed by atoms with Gasteiger partial charge in [-0.05, 0) is 85.1 Å². The number of fused-ring (bicyclic) bond motifs is 2. The van der Waals surface area contributed by atoms with Gasteiger partial charge in [0, 0.05) is 68.3 Å². The van der Waals surface area contributed by atoms with Crippen LogP contribution in [-0.2, 0) is 29.5 Å². The number of urea groups is 1. The third-order valence-corrected chi connectivity index (χ3v) is 10.6. The van der Waals surface area contributed by atoms with Gasteiger partial charge in [0.05, 0.1) is 10.6 Å². The number of nitrogens with zero attached hydrogens (tertiary/aromatic N) is 6. The highest BCUT2D eigenvalue weighted by molar-refractivity contribution is 7.90. The predicted molar refractivity (Wildman–Crippen MR) is 189 cm³/mol. The smallest absolute Gasteiger partial charge is 0.321 e. The third-order valence-electron chi connectivity index (χ3n) is 8.84. The van der Waals surface area contributed by atoms with Crippen molar-refractivity contribution in [2.24, 2.45) is 0 Å². The van der Waals surface area contributed by atoms with Crippen molar-refractivity contribution in [1.29, 1.82) is 0 Å². The molecular weight excluding hydrogens is 623 g/mol. The fourth-order valence-corrected chi connectivity index (χ4v) is 7.75. The summed E-state index contributed by atoms with van der Waals surface area (Å²) in [7, 11) is 1.45. The Kier molecular flexibility index (Phi) is 8.10. The fourth-order valence-electron chi connectivity index (χ4n) is 6.25. The van der Waals surface area contributed by atoms with E-state index in [-0.39, 0.29) is 10.9 Å². The highest BCUT2D eigenvalue weighted by Crippen LogP contribution is 2.40. The first-order chi connectivity index (χ1) is 23.1. The number of likely N-dealkylation sites (N-methyl/N-ethyl adjacent to an activating group) is 1. The van der Waals surface area contributed by atoms with Gasteiger partial charge in [0.2, 0.25) is 0 Å². The van der Waals surface area contributed by atoms with Crippen LogP contribution in [0.5, 0.6) is 0 Å². The molecule has 1 aliphatic heterocycles. The van der Waals surface area contributed by atoms with Gasteiger partial charge in [-0.15, -0.1) is 0 Å². The maximum Gasteiger partial charge on any atom is 0.321 e. The summed E-state index contributed by atoms with van der Waals surface area (Å²) < 4.78 is 32.2. The van der Waals surface area contributed by atoms with E-state index in [2.05, 4.69) is 29.4 Å². The number of hydrogen-bond acceptors (Lipinski definition) is 6. The Hall–Kier alpha value is -5.26. The molecule has 11 heteroatoms. The summed E-state index contributed by atoms with van der Waals surface area (Å²) in [5.74, 6) is 0. The van der Waals surface area contributed by atoms with Crippen molar-refractivity contribution < 1.29 is 13.2 Å². The lowest BCUT2D eigenvalue weighted by Gasteiger charge is -2.25. The average molecular weight is 660 g/mol. The minimum absolute atomic E-state index is 0.189. The normalized spacial score (nSPS) is 13.4. The predicted octanol–water partition coefficient (Wildman–Crippen LogP) is 6.57. The van der Waals surface area contributed by atoms with Gasteiger partial charge >= 0.3 is 6.03 Å². The molecule has 7 rings (SSSR count). The van der Waals surface area contributed by atoms with Crippen molar-refractivity contribution in [1.82, 2.24) is 28.5 Å². The monoisotopic (exact) mass is 659 g/mol. The Labute approximate surface area is 280 Å². The van der Waals surface area contributed by atoms with E-state index >= 15 is 0 Å². The molecular formula is C37H37N7O3S. The van der Waals surface area contributed by atoms with Crippen molar-refractivity contribution in [3.8, 4) is 33.6 Å². The minimum atomic E-state index is -4.03. The summed E-state index contributed by atoms with van der Waals surface area (Å²) >= 11 is 0. The maximum absolute atomic E-state index is 14.4. The standard InChI is InChI=1S/C37H37N7O3S/c1-5-43-24-33(35(40-43)26-13-15-29(16-14-26)39-37(45)41(2)3)31-17-19-38-36-32(31)22-34(44(36)48(46,47)30-9-7-6-8-10-30)27-12-11-25-18-20-42(4)23-28(25)21-27/h6-17,19,21-22,24H,5,18,20,23H2,1-4H3,(H,39,45). The molecule has 0 aliphatic carbocycles. The average Bonchev–Trinajstić information content (AvgIpc) is 3.71. The van der Waals surface area contributed by atoms with Gasteiger partial charge in [0.1, 0.15) is 5.69 Å². The third kappa shape index (κ3) is 5.65. The molecule has 0 spiro atoms. The Morgan fingerprint density at radius 1 is 0.917 bits per heavy atom. The molecule has 3 aromatic heterocycles. The number of amides is 2. The number of carbonyl (C=O) groups is 1. The molecule has 0 radical (unpaired) electrons. The Bertz CT molecular complexity index is 2260. The molecule has 0 saturated carbocycles. The SMILES string of the molecule is CCn1cc(-c2ccnc3c2cc(-c2ccc4c(c2)CN(C)CC4)n3S(=O)(=O)c2ccccc2)c(-c2ccc(NC(=O)N(C)C)cc2)n1. The number of hydrogen-bond donors (Lipinski definition) is 1. The van der Waals surface area contributed by atoms with Gasteiger partial charge in [-0.25, -0.2) is 22.2 Å². The molecule has 0 unspecified atom stereocenters. The van der Waals surface area contributed by atoms with Gasteiger partial charge < -0.3 is 15.1 Å². The van der Waals surface area contributed by atoms with E-state index < -0.39 is 10.0 Å². The maximum atomic E-state index is 14.4. The van der Waals surface area contributed by atoms with E-state index in [1.165, 1.54) is 20.0 Å². The van der Waals surface area contributed by atoms with Crippen LogP contribution in [0.2, 0.25) is 0 Å². The molecule has 10 nitrogen and oxygen atoms in total. The summed E-state index contributed by atoms with van der Waals surface area (Å²) in [6.07, 6.45) is 4.60. The number of aryl methyl sites for hydroxylation is 1. The van der Waals surface area contributed by atoms with Crippen molar-refractivity contribution in [2.45, 2.75) is 31.3 Å². The molecule has 1 aliphatic rings. The Morgan fingerprint density at radius 3 is 2.40 bits per heavy atom. The van der Waals surface area contributed by atoms with Crippen LogP contribution in [0.15, 0.2) is 102 Å². The van der Waals surface area contributed by atoms with Crippen LogP contribution in [0.1, 0.15) is 18.1 Å². The molecule has 3 aromatic carbocycles. The summed E-state index contributed by atoms with van der Waals surface area (Å²) in [6.45, 7) is 4.46. The summed E-state index contributed by atoms with van der Waals surface area (Å²) in [5.41, 5.74) is 8.13. The van der Waals surface area contributed by atoms with Crippen LogP contribution in [0.25, 0.3) is 44.7 Å². The highest BCUT2D eigenvalue weighted by Gasteiger charge is 2.28. The molecule has 0 saturated heterocycles. The largest absolute Gasteiger partial charge is 0.331 e. The van der Waals surface area contributed by atoms with E-state index in [4.69, 9.17) is 10.1 Å². The molecule has 2 amide bonds. The van der Waals surface area contributed by atoms with Crippen LogP contribution in [0, 0.1) is 0 Å². The first-order valence-electron chi connectivity index (χ1n) is 15.9. The number of anilines is 1. The zero-order valence-corrected chi connectivity index (χ0v) is 28.2. The van der Waals surface area contributed by atoms with Crippen molar-refractivity contribution >= 4 is 32.8 Å². The van der Waals surface area contributed by atoms with E-state index in [1.54, 1.807) is 50.6 Å². The van der Waals surface area contributed by atoms with Crippen molar-refractivity contribution in [3.63, 3.8) is 0 Å². The fraction of sp³-hybridized carbons (Fsp3) is 0.216. The van der Waals surface area contributed by atoms with Gasteiger partial charge in [-0.1, -0.05) is 42.5 Å². The second-order valence-corrected chi connectivity index (χ2v) is 14.1. The first kappa shape index (κ1) is 31.3. The number of carbonyl (C=O) groups excluding carboxylic acids is 1.